The molecule has 0 radical (unpaired) electrons. The second-order valence-corrected chi connectivity index (χ2v) is 1.57. The summed E-state index contributed by atoms with van der Waals surface area (Å²) in [5.41, 5.74) is 0. The van der Waals surface area contributed by atoms with E-state index in [-0.39, 0.29) is 0 Å². The highest BCUT2D eigenvalue weighted by Gasteiger charge is 2.20. The Labute approximate surface area is 55.5 Å². The summed E-state index contributed by atoms with van der Waals surface area (Å²) in [6.07, 6.45) is -4.44. The molecule has 6 heteroatoms. The van der Waals surface area contributed by atoms with Crippen molar-refractivity contribution in [3.63, 3.8) is 0 Å². The summed E-state index contributed by atoms with van der Waals surface area (Å²) in [4.78, 5) is 9.72. The topological polar surface area (TPSA) is 69.6 Å². The zero-order valence-corrected chi connectivity index (χ0v) is 4.92. The zero-order chi connectivity index (χ0) is 8.15. The van der Waals surface area contributed by atoms with E-state index in [1.54, 1.807) is 0 Å². The molecule has 1 atom stereocenters. The van der Waals surface area contributed by atoms with Crippen LogP contribution >= 0.6 is 0 Å². The maximum absolute atomic E-state index is 11.6. The van der Waals surface area contributed by atoms with Gasteiger partial charge < -0.3 is 15.5 Å². The summed E-state index contributed by atoms with van der Waals surface area (Å²) in [5, 5.41) is 17.5. The quantitative estimate of drug-likeness (QED) is 0.532. The largest absolute Gasteiger partial charge is 0.465 e. The minimum absolute atomic E-state index is 0.899. The summed E-state index contributed by atoms with van der Waals surface area (Å²) < 4.78 is 23.1. The Balaban J connectivity index is 3.71. The first kappa shape index (κ1) is 9.09. The van der Waals surface area contributed by atoms with E-state index in [1.807, 2.05) is 0 Å². The van der Waals surface area contributed by atoms with Gasteiger partial charge in [-0.3, -0.25) is 0 Å². The summed E-state index contributed by atoms with van der Waals surface area (Å²) in [6, 6.07) is -1.68. The van der Waals surface area contributed by atoms with Gasteiger partial charge in [-0.2, -0.15) is 0 Å². The molecule has 1 amide bonds. The number of hydrogen-bond donors (Lipinski definition) is 3. The van der Waals surface area contributed by atoms with Gasteiger partial charge in [-0.15, -0.1) is 0 Å². The van der Waals surface area contributed by atoms with Crippen molar-refractivity contribution in [2.45, 2.75) is 12.5 Å². The second kappa shape index (κ2) is 3.99. The lowest BCUT2D eigenvalue weighted by molar-refractivity contribution is 0.0642. The Morgan fingerprint density at radius 2 is 2.10 bits per heavy atom. The molecule has 0 bridgehead atoms. The number of rotatable bonds is 3. The van der Waals surface area contributed by atoms with Crippen molar-refractivity contribution < 1.29 is 23.8 Å². The summed E-state index contributed by atoms with van der Waals surface area (Å²) in [7, 11) is 0. The van der Waals surface area contributed by atoms with Crippen molar-refractivity contribution in [1.82, 2.24) is 5.32 Å². The Hall–Kier alpha value is -0.910. The summed E-state index contributed by atoms with van der Waals surface area (Å²) >= 11 is 0. The molecule has 60 valence electrons. The average molecular weight is 155 g/mol. The zero-order valence-electron chi connectivity index (χ0n) is 4.92. The lowest BCUT2D eigenvalue weighted by atomic mass is 10.3. The van der Waals surface area contributed by atoms with Crippen molar-refractivity contribution in [2.75, 3.05) is 6.61 Å². The third kappa shape index (κ3) is 3.18. The molecule has 0 aliphatic carbocycles. The van der Waals surface area contributed by atoms with E-state index in [1.165, 1.54) is 5.32 Å². The fourth-order valence-corrected chi connectivity index (χ4v) is 0.347. The number of carboxylic acid groups (broad SMARTS) is 1. The molecule has 0 heterocycles. The Kier molecular flexibility index (Phi) is 3.63. The standard InChI is InChI=1S/C4H7F2NO3/c5-3(6)2(1-8)7-4(9)10/h2-3,7-8H,1H2,(H,9,10)/t2-/m1/s1. The molecule has 10 heavy (non-hydrogen) atoms. The van der Waals surface area contributed by atoms with Crippen LogP contribution in [0.15, 0.2) is 0 Å². The van der Waals surface area contributed by atoms with Crippen LogP contribution in [0.25, 0.3) is 0 Å². The monoisotopic (exact) mass is 155 g/mol. The van der Waals surface area contributed by atoms with Crippen molar-refractivity contribution in [3.8, 4) is 0 Å². The van der Waals surface area contributed by atoms with Crippen LogP contribution < -0.4 is 5.32 Å². The van der Waals surface area contributed by atoms with Gasteiger partial charge in [0, 0.05) is 0 Å². The van der Waals surface area contributed by atoms with Crippen LogP contribution in [0.3, 0.4) is 0 Å². The lowest BCUT2D eigenvalue weighted by Gasteiger charge is -2.11. The van der Waals surface area contributed by atoms with E-state index in [9.17, 15) is 13.6 Å². The highest BCUT2D eigenvalue weighted by molar-refractivity contribution is 5.64. The smallest absolute Gasteiger partial charge is 0.405 e. The van der Waals surface area contributed by atoms with E-state index in [4.69, 9.17) is 10.2 Å². The van der Waals surface area contributed by atoms with Crippen LogP contribution in [0.1, 0.15) is 0 Å². The van der Waals surface area contributed by atoms with E-state index in [2.05, 4.69) is 0 Å². The number of carbonyl (C=O) groups is 1. The predicted octanol–water partition coefficient (Wildman–Crippen LogP) is -0.120. The number of amides is 1. The van der Waals surface area contributed by atoms with E-state index in [0.29, 0.717) is 0 Å². The predicted molar refractivity (Wildman–Crippen MR) is 28.0 cm³/mol. The van der Waals surface area contributed by atoms with Gasteiger partial charge in [0.15, 0.2) is 0 Å². The molecule has 0 saturated carbocycles. The van der Waals surface area contributed by atoms with Gasteiger partial charge in [0.1, 0.15) is 6.04 Å². The number of nitrogens with one attached hydrogen (secondary N) is 1. The van der Waals surface area contributed by atoms with Gasteiger partial charge in [0.2, 0.25) is 0 Å². The minimum atomic E-state index is -2.87. The molecule has 4 nitrogen and oxygen atoms in total. The molecule has 0 spiro atoms. The van der Waals surface area contributed by atoms with E-state index >= 15 is 0 Å². The fourth-order valence-electron chi connectivity index (χ4n) is 0.347. The lowest BCUT2D eigenvalue weighted by Crippen LogP contribution is -2.41. The van der Waals surface area contributed by atoms with E-state index < -0.39 is 25.2 Å². The summed E-state index contributed by atoms with van der Waals surface area (Å²) in [6.45, 7) is -0.899. The molecule has 0 fully saturated rings. The Bertz CT molecular complexity index is 119. The minimum Gasteiger partial charge on any atom is -0.465 e. The first-order valence-electron chi connectivity index (χ1n) is 2.46. The maximum Gasteiger partial charge on any atom is 0.405 e. The van der Waals surface area contributed by atoms with Crippen LogP contribution in [-0.2, 0) is 0 Å². The number of alkyl halides is 2. The Morgan fingerprint density at radius 1 is 1.60 bits per heavy atom. The molecular formula is C4H7F2NO3. The normalized spacial score (nSPS) is 13.2. The Morgan fingerprint density at radius 3 is 2.20 bits per heavy atom. The number of aliphatic hydroxyl groups is 1. The molecule has 0 aromatic heterocycles. The number of aliphatic hydroxyl groups excluding tert-OH is 1. The molecule has 0 rings (SSSR count). The van der Waals surface area contributed by atoms with Crippen LogP contribution in [0.5, 0.6) is 0 Å². The van der Waals surface area contributed by atoms with Gasteiger partial charge in [0.05, 0.1) is 6.61 Å². The highest BCUT2D eigenvalue weighted by Crippen LogP contribution is 1.98. The van der Waals surface area contributed by atoms with Crippen LogP contribution in [0.4, 0.5) is 13.6 Å². The van der Waals surface area contributed by atoms with Gasteiger partial charge in [-0.25, -0.2) is 13.6 Å². The summed E-state index contributed by atoms with van der Waals surface area (Å²) in [5.74, 6) is 0. The third-order valence-corrected chi connectivity index (χ3v) is 0.810. The molecule has 0 aliphatic heterocycles. The van der Waals surface area contributed by atoms with Crippen LogP contribution in [0, 0.1) is 0 Å². The third-order valence-electron chi connectivity index (χ3n) is 0.810. The van der Waals surface area contributed by atoms with Crippen LogP contribution in [0.2, 0.25) is 0 Å². The molecule has 3 N–H and O–H groups in total. The average Bonchev–Trinajstić information content (AvgIpc) is 1.81. The van der Waals surface area contributed by atoms with Crippen molar-refractivity contribution in [3.05, 3.63) is 0 Å². The van der Waals surface area contributed by atoms with Crippen molar-refractivity contribution in [1.29, 1.82) is 0 Å². The van der Waals surface area contributed by atoms with Crippen molar-refractivity contribution in [2.24, 2.45) is 0 Å². The molecular weight excluding hydrogens is 148 g/mol. The second-order valence-electron chi connectivity index (χ2n) is 1.57. The fraction of sp³-hybridized carbons (Fsp3) is 0.750. The number of hydrogen-bond acceptors (Lipinski definition) is 2. The number of halogens is 2. The molecule has 0 unspecified atom stereocenters. The van der Waals surface area contributed by atoms with Gasteiger partial charge >= 0.3 is 6.09 Å². The highest BCUT2D eigenvalue weighted by atomic mass is 19.3. The van der Waals surface area contributed by atoms with Gasteiger partial charge in [0.25, 0.3) is 6.43 Å². The maximum atomic E-state index is 11.6. The van der Waals surface area contributed by atoms with Crippen LogP contribution in [-0.4, -0.2) is 35.4 Å². The SMILES string of the molecule is O=C(O)N[C@H](CO)C(F)F. The molecule has 0 aliphatic rings. The van der Waals surface area contributed by atoms with Crippen molar-refractivity contribution >= 4 is 6.09 Å². The van der Waals surface area contributed by atoms with Gasteiger partial charge in [-0.1, -0.05) is 0 Å². The molecule has 0 aromatic rings. The first-order valence-corrected chi connectivity index (χ1v) is 2.46. The first-order chi connectivity index (χ1) is 4.57. The van der Waals surface area contributed by atoms with E-state index in [0.717, 1.165) is 0 Å². The van der Waals surface area contributed by atoms with Gasteiger partial charge in [-0.05, 0) is 0 Å². The molecule has 0 aromatic carbocycles. The molecule has 0 saturated heterocycles.